The van der Waals surface area contributed by atoms with Crippen molar-refractivity contribution in [2.75, 3.05) is 0 Å². The molecule has 0 heterocycles. The number of fused-ring (bicyclic) bond motifs is 3. The Bertz CT molecular complexity index is 650. The van der Waals surface area contributed by atoms with Crippen LogP contribution in [0.25, 0.3) is 33.0 Å². The first-order chi connectivity index (χ1) is 7.95. The molecule has 16 heavy (non-hydrogen) atoms. The van der Waals surface area contributed by atoms with Crippen LogP contribution in [0.3, 0.4) is 0 Å². The maximum absolute atomic E-state index is 3.37. The molecular weight excluding hydrogens is 192 g/mol. The van der Waals surface area contributed by atoms with Crippen LogP contribution < -0.4 is 0 Å². The summed E-state index contributed by atoms with van der Waals surface area (Å²) < 4.78 is 0. The highest BCUT2D eigenvalue weighted by Crippen LogP contribution is 2.46. The smallest absolute Gasteiger partial charge is 0.00141 e. The van der Waals surface area contributed by atoms with E-state index in [2.05, 4.69) is 54.6 Å². The summed E-state index contributed by atoms with van der Waals surface area (Å²) >= 11 is 0. The van der Waals surface area contributed by atoms with Crippen molar-refractivity contribution >= 4 is 10.8 Å². The minimum atomic E-state index is 1.25. The Morgan fingerprint density at radius 3 is 2.44 bits per heavy atom. The fourth-order valence-electron chi connectivity index (χ4n) is 2.65. The molecule has 0 spiro atoms. The lowest BCUT2D eigenvalue weighted by Crippen LogP contribution is -1.74. The molecular formula is C16H9. The molecule has 1 aliphatic carbocycles. The van der Waals surface area contributed by atoms with Gasteiger partial charge < -0.3 is 0 Å². The van der Waals surface area contributed by atoms with E-state index in [0.717, 1.165) is 0 Å². The van der Waals surface area contributed by atoms with Gasteiger partial charge in [0.25, 0.3) is 0 Å². The van der Waals surface area contributed by atoms with Crippen LogP contribution in [0.4, 0.5) is 0 Å². The van der Waals surface area contributed by atoms with Crippen molar-refractivity contribution < 1.29 is 0 Å². The summed E-state index contributed by atoms with van der Waals surface area (Å²) in [4.78, 5) is 0. The maximum atomic E-state index is 3.37. The lowest BCUT2D eigenvalue weighted by molar-refractivity contribution is 1.69. The first-order valence-electron chi connectivity index (χ1n) is 5.48. The lowest BCUT2D eigenvalue weighted by Gasteiger charge is -1.99. The first-order valence-corrected chi connectivity index (χ1v) is 5.48. The summed E-state index contributed by atoms with van der Waals surface area (Å²) in [5, 5.41) is 2.66. The molecule has 3 aromatic carbocycles. The molecule has 0 saturated carbocycles. The summed E-state index contributed by atoms with van der Waals surface area (Å²) in [5.74, 6) is 0. The van der Waals surface area contributed by atoms with Crippen LogP contribution in [-0.4, -0.2) is 0 Å². The van der Waals surface area contributed by atoms with Gasteiger partial charge in [0.05, 0.1) is 0 Å². The molecule has 1 aliphatic rings. The van der Waals surface area contributed by atoms with Crippen LogP contribution in [0.1, 0.15) is 0 Å². The molecule has 0 fully saturated rings. The van der Waals surface area contributed by atoms with Crippen molar-refractivity contribution in [1.82, 2.24) is 0 Å². The van der Waals surface area contributed by atoms with Gasteiger partial charge in [-0.3, -0.25) is 0 Å². The topological polar surface area (TPSA) is 0 Å². The van der Waals surface area contributed by atoms with Gasteiger partial charge in [-0.25, -0.2) is 0 Å². The summed E-state index contributed by atoms with van der Waals surface area (Å²) in [6.07, 6.45) is 0. The van der Waals surface area contributed by atoms with Crippen molar-refractivity contribution in [3.05, 3.63) is 60.7 Å². The highest BCUT2D eigenvalue weighted by atomic mass is 14.2. The van der Waals surface area contributed by atoms with Gasteiger partial charge in [-0.1, -0.05) is 54.6 Å². The van der Waals surface area contributed by atoms with Crippen LogP contribution in [0.15, 0.2) is 54.6 Å². The fraction of sp³-hybridized carbons (Fsp3) is 0. The summed E-state index contributed by atoms with van der Waals surface area (Å²) in [5.41, 5.74) is 5.25. The highest BCUT2D eigenvalue weighted by Gasteiger charge is 2.19. The van der Waals surface area contributed by atoms with Gasteiger partial charge in [-0.2, -0.15) is 0 Å². The molecule has 0 heteroatoms. The van der Waals surface area contributed by atoms with Crippen LogP contribution in [-0.2, 0) is 0 Å². The molecule has 3 aromatic rings. The standard InChI is InChI=1S/C16H9/c1-2-8-13-12(7-1)14-9-3-5-11-6-4-10-15(13)16(11)14/h1-9H. The van der Waals surface area contributed by atoms with E-state index in [-0.39, 0.29) is 0 Å². The molecule has 0 aliphatic heterocycles. The van der Waals surface area contributed by atoms with E-state index < -0.39 is 0 Å². The Labute approximate surface area is 94.2 Å². The van der Waals surface area contributed by atoms with Gasteiger partial charge in [-0.15, -0.1) is 0 Å². The van der Waals surface area contributed by atoms with Crippen molar-refractivity contribution in [3.8, 4) is 22.3 Å². The first kappa shape index (κ1) is 8.12. The third-order valence-corrected chi connectivity index (χ3v) is 3.32. The molecule has 0 unspecified atom stereocenters. The van der Waals surface area contributed by atoms with E-state index in [4.69, 9.17) is 0 Å². The molecule has 1 radical (unpaired) electrons. The minimum Gasteiger partial charge on any atom is -0.0616 e. The van der Waals surface area contributed by atoms with Gasteiger partial charge in [0, 0.05) is 0 Å². The van der Waals surface area contributed by atoms with Gasteiger partial charge in [0.15, 0.2) is 0 Å². The lowest BCUT2D eigenvalue weighted by atomic mass is 10.0. The van der Waals surface area contributed by atoms with Crippen molar-refractivity contribution in [2.45, 2.75) is 0 Å². The number of hydrogen-bond acceptors (Lipinski definition) is 0. The van der Waals surface area contributed by atoms with Crippen molar-refractivity contribution in [2.24, 2.45) is 0 Å². The number of benzene rings is 3. The molecule has 4 rings (SSSR count). The Morgan fingerprint density at radius 2 is 1.50 bits per heavy atom. The second kappa shape index (κ2) is 2.73. The molecule has 0 bridgehead atoms. The van der Waals surface area contributed by atoms with E-state index in [1.807, 2.05) is 6.07 Å². The molecule has 0 saturated heterocycles. The van der Waals surface area contributed by atoms with Crippen LogP contribution in [0.5, 0.6) is 0 Å². The van der Waals surface area contributed by atoms with E-state index in [1.165, 1.54) is 33.0 Å². The Morgan fingerprint density at radius 1 is 0.688 bits per heavy atom. The monoisotopic (exact) mass is 201 g/mol. The fourth-order valence-corrected chi connectivity index (χ4v) is 2.65. The third-order valence-electron chi connectivity index (χ3n) is 3.32. The largest absolute Gasteiger partial charge is 0.0616 e. The Kier molecular flexibility index (Phi) is 1.39. The third kappa shape index (κ3) is 0.849. The van der Waals surface area contributed by atoms with E-state index in [9.17, 15) is 0 Å². The predicted molar refractivity (Wildman–Crippen MR) is 67.2 cm³/mol. The van der Waals surface area contributed by atoms with E-state index >= 15 is 0 Å². The van der Waals surface area contributed by atoms with Crippen molar-refractivity contribution in [1.29, 1.82) is 0 Å². The number of rotatable bonds is 0. The quantitative estimate of drug-likeness (QED) is 0.398. The number of hydrogen-bond donors (Lipinski definition) is 0. The zero-order chi connectivity index (χ0) is 10.5. The molecule has 0 amide bonds. The molecule has 0 nitrogen and oxygen atoms in total. The van der Waals surface area contributed by atoms with Gasteiger partial charge in [-0.05, 0) is 39.1 Å². The van der Waals surface area contributed by atoms with Crippen LogP contribution in [0.2, 0.25) is 0 Å². The zero-order valence-electron chi connectivity index (χ0n) is 8.70. The second-order valence-electron chi connectivity index (χ2n) is 4.17. The van der Waals surface area contributed by atoms with Crippen LogP contribution >= 0.6 is 0 Å². The normalized spacial score (nSPS) is 11.8. The van der Waals surface area contributed by atoms with Crippen molar-refractivity contribution in [3.63, 3.8) is 0 Å². The van der Waals surface area contributed by atoms with Gasteiger partial charge in [0.1, 0.15) is 0 Å². The SMILES string of the molecule is [c]1ccc2cccc3c2c1-c1ccccc1-3. The average molecular weight is 201 g/mol. The van der Waals surface area contributed by atoms with Gasteiger partial charge >= 0.3 is 0 Å². The molecule has 0 N–H and O–H groups in total. The molecule has 0 atom stereocenters. The predicted octanol–water partition coefficient (Wildman–Crippen LogP) is 4.29. The van der Waals surface area contributed by atoms with E-state index in [0.29, 0.717) is 0 Å². The average Bonchev–Trinajstić information content (AvgIpc) is 2.68. The highest BCUT2D eigenvalue weighted by molar-refractivity contribution is 6.14. The maximum Gasteiger partial charge on any atom is -0.00141 e. The summed E-state index contributed by atoms with van der Waals surface area (Å²) in [6, 6.07) is 22.6. The second-order valence-corrected chi connectivity index (χ2v) is 4.17. The minimum absolute atomic E-state index is 1.25. The Hall–Kier alpha value is -2.08. The van der Waals surface area contributed by atoms with Gasteiger partial charge in [0.2, 0.25) is 0 Å². The summed E-state index contributed by atoms with van der Waals surface area (Å²) in [7, 11) is 0. The van der Waals surface area contributed by atoms with Crippen LogP contribution in [0, 0.1) is 6.07 Å². The Balaban J connectivity index is 2.31. The zero-order valence-corrected chi connectivity index (χ0v) is 8.70. The molecule has 73 valence electrons. The molecule has 0 aromatic heterocycles. The van der Waals surface area contributed by atoms with E-state index in [1.54, 1.807) is 0 Å². The summed E-state index contributed by atoms with van der Waals surface area (Å²) in [6.45, 7) is 0.